The van der Waals surface area contributed by atoms with E-state index in [4.69, 9.17) is 27.9 Å². The molecule has 0 radical (unpaired) electrons. The summed E-state index contributed by atoms with van der Waals surface area (Å²) in [6, 6.07) is -0.315. The zero-order valence-electron chi connectivity index (χ0n) is 22.9. The van der Waals surface area contributed by atoms with Gasteiger partial charge in [0.2, 0.25) is 5.91 Å². The molecule has 0 unspecified atom stereocenters. The summed E-state index contributed by atoms with van der Waals surface area (Å²) in [7, 11) is 1.56. The lowest BCUT2D eigenvalue weighted by Gasteiger charge is -2.37. The van der Waals surface area contributed by atoms with Crippen LogP contribution in [0.3, 0.4) is 0 Å². The molecule has 3 aromatic rings. The molecule has 2 atom stereocenters. The van der Waals surface area contributed by atoms with Crippen molar-refractivity contribution in [2.24, 2.45) is 0 Å². The van der Waals surface area contributed by atoms with Crippen LogP contribution in [-0.4, -0.2) is 99.7 Å². The van der Waals surface area contributed by atoms with Crippen molar-refractivity contribution in [3.05, 3.63) is 38.7 Å². The summed E-state index contributed by atoms with van der Waals surface area (Å²) in [6.45, 7) is 4.49. The largest absolute Gasteiger partial charge is 0.477 e. The first-order valence-electron chi connectivity index (χ1n) is 13.4. The summed E-state index contributed by atoms with van der Waals surface area (Å²) in [6.07, 6.45) is 4.61. The van der Waals surface area contributed by atoms with Crippen molar-refractivity contribution >= 4 is 63.3 Å². The Balaban J connectivity index is 1.24. The van der Waals surface area contributed by atoms with Crippen LogP contribution in [0.25, 0.3) is 11.4 Å². The van der Waals surface area contributed by atoms with Gasteiger partial charge in [0.05, 0.1) is 34.6 Å². The molecule has 224 valence electrons. The van der Waals surface area contributed by atoms with Gasteiger partial charge in [-0.15, -0.1) is 0 Å². The van der Waals surface area contributed by atoms with Crippen LogP contribution in [0.1, 0.15) is 45.1 Å². The molecule has 42 heavy (non-hydrogen) atoms. The number of aromatic carboxylic acids is 1. The standard InChI is InChI=1S/C26H30Cl2N8O5S/c1-13-19(27)20(28)22(32-13)24(38)33-14-5-8-36(12-16(14)41-2)26-34-21(23(42-26)25(39)40)15-10-31-17(11-30-15)29-6-9-35-7-3-4-18(35)37/h10-11,14,16,32H,3-9,12H2,1-2H3,(H,29,31)(H,33,38)(H,39,40)/t14-,16+/m1/s1. The molecular formula is C26H30Cl2N8O5S. The van der Waals surface area contributed by atoms with Crippen molar-refractivity contribution in [3.8, 4) is 11.4 Å². The highest BCUT2D eigenvalue weighted by Gasteiger charge is 2.34. The summed E-state index contributed by atoms with van der Waals surface area (Å²) >= 11 is 13.4. The third-order valence-corrected chi connectivity index (χ3v) is 9.34. The second-order valence-corrected chi connectivity index (χ2v) is 11.8. The second-order valence-electron chi connectivity index (χ2n) is 10.0. The second kappa shape index (κ2) is 12.8. The summed E-state index contributed by atoms with van der Waals surface area (Å²) < 4.78 is 5.69. The molecule has 0 aromatic carbocycles. The van der Waals surface area contributed by atoms with Gasteiger partial charge in [0.25, 0.3) is 5.91 Å². The molecule has 4 N–H and O–H groups in total. The Bertz CT molecular complexity index is 1480. The number of methoxy groups -OCH3 is 1. The Morgan fingerprint density at radius 3 is 2.67 bits per heavy atom. The monoisotopic (exact) mass is 636 g/mol. The van der Waals surface area contributed by atoms with Crippen LogP contribution in [0.2, 0.25) is 10.0 Å². The molecule has 0 saturated carbocycles. The molecule has 0 spiro atoms. The number of aromatic amines is 1. The van der Waals surface area contributed by atoms with E-state index in [0.29, 0.717) is 66.4 Å². The van der Waals surface area contributed by atoms with E-state index in [9.17, 15) is 19.5 Å². The van der Waals surface area contributed by atoms with Crippen molar-refractivity contribution in [2.45, 2.75) is 38.3 Å². The van der Waals surface area contributed by atoms with Crippen molar-refractivity contribution < 1.29 is 24.2 Å². The average molecular weight is 638 g/mol. The van der Waals surface area contributed by atoms with Gasteiger partial charge in [-0.05, 0) is 19.8 Å². The number of rotatable bonds is 10. The van der Waals surface area contributed by atoms with E-state index in [-0.39, 0.29) is 39.1 Å². The Morgan fingerprint density at radius 2 is 2.05 bits per heavy atom. The molecule has 2 amide bonds. The predicted molar refractivity (Wildman–Crippen MR) is 159 cm³/mol. The Labute approximate surface area is 255 Å². The first-order valence-corrected chi connectivity index (χ1v) is 14.9. The number of H-pyrrole nitrogens is 1. The maximum Gasteiger partial charge on any atom is 0.348 e. The van der Waals surface area contributed by atoms with E-state index in [1.54, 1.807) is 14.0 Å². The average Bonchev–Trinajstić information content (AvgIpc) is 3.68. The van der Waals surface area contributed by atoms with Gasteiger partial charge in [-0.3, -0.25) is 9.59 Å². The third kappa shape index (κ3) is 6.31. The minimum absolute atomic E-state index is 0.0468. The van der Waals surface area contributed by atoms with Crippen LogP contribution >= 0.6 is 34.5 Å². The fourth-order valence-corrected chi connectivity index (χ4v) is 6.39. The Hall–Kier alpha value is -3.46. The Morgan fingerprint density at radius 1 is 1.24 bits per heavy atom. The fraction of sp³-hybridized carbons (Fsp3) is 0.462. The first kappa shape index (κ1) is 30.0. The molecule has 2 saturated heterocycles. The highest BCUT2D eigenvalue weighted by Crippen LogP contribution is 2.34. The van der Waals surface area contributed by atoms with E-state index in [0.717, 1.165) is 24.3 Å². The molecule has 2 aliphatic rings. The molecule has 2 aliphatic heterocycles. The number of nitrogens with zero attached hydrogens (tertiary/aromatic N) is 5. The summed E-state index contributed by atoms with van der Waals surface area (Å²) in [5.74, 6) is -0.828. The minimum atomic E-state index is -1.12. The van der Waals surface area contributed by atoms with Crippen LogP contribution in [0, 0.1) is 6.92 Å². The van der Waals surface area contributed by atoms with Crippen LogP contribution in [0.4, 0.5) is 10.9 Å². The van der Waals surface area contributed by atoms with Crippen molar-refractivity contribution in [1.82, 2.24) is 30.2 Å². The summed E-state index contributed by atoms with van der Waals surface area (Å²) in [5.41, 5.74) is 1.35. The number of carboxylic acid groups (broad SMARTS) is 1. The number of aromatic nitrogens is 4. The SMILES string of the molecule is CO[C@H]1CN(c2nc(-c3cnc(NCCN4CCCC4=O)cn3)c(C(=O)O)s2)CC[C@H]1NC(=O)c1[nH]c(C)c(Cl)c1Cl. The quantitative estimate of drug-likeness (QED) is 0.259. The number of carbonyl (C=O) groups is 3. The number of carbonyl (C=O) groups excluding carboxylic acids is 2. The highest BCUT2D eigenvalue weighted by atomic mass is 35.5. The molecular weight excluding hydrogens is 607 g/mol. The number of thiazole rings is 1. The Kier molecular flexibility index (Phi) is 9.16. The van der Waals surface area contributed by atoms with Crippen LogP contribution in [0.5, 0.6) is 0 Å². The predicted octanol–water partition coefficient (Wildman–Crippen LogP) is 3.30. The van der Waals surface area contributed by atoms with E-state index in [1.165, 1.54) is 12.4 Å². The lowest BCUT2D eigenvalue weighted by molar-refractivity contribution is -0.127. The molecule has 0 bridgehead atoms. The zero-order chi connectivity index (χ0) is 30.0. The lowest BCUT2D eigenvalue weighted by Crippen LogP contribution is -2.55. The molecule has 0 aliphatic carbocycles. The molecule has 5 rings (SSSR count). The van der Waals surface area contributed by atoms with Crippen molar-refractivity contribution in [3.63, 3.8) is 0 Å². The van der Waals surface area contributed by atoms with Crippen LogP contribution in [-0.2, 0) is 9.53 Å². The third-order valence-electron chi connectivity index (χ3n) is 7.29. The number of halogens is 2. The van der Waals surface area contributed by atoms with Crippen molar-refractivity contribution in [1.29, 1.82) is 0 Å². The number of hydrogen-bond donors (Lipinski definition) is 4. The zero-order valence-corrected chi connectivity index (χ0v) is 25.3. The van der Waals surface area contributed by atoms with Gasteiger partial charge >= 0.3 is 5.97 Å². The van der Waals surface area contributed by atoms with Crippen LogP contribution in [0.15, 0.2) is 12.4 Å². The number of ether oxygens (including phenoxy) is 1. The van der Waals surface area contributed by atoms with Gasteiger partial charge in [-0.2, -0.15) is 0 Å². The van der Waals surface area contributed by atoms with Gasteiger partial charge in [0.1, 0.15) is 27.8 Å². The number of carboxylic acids is 1. The number of hydrogen-bond acceptors (Lipinski definition) is 10. The lowest BCUT2D eigenvalue weighted by atomic mass is 10.0. The van der Waals surface area contributed by atoms with E-state index >= 15 is 0 Å². The van der Waals surface area contributed by atoms with Gasteiger partial charge in [0.15, 0.2) is 5.13 Å². The smallest absolute Gasteiger partial charge is 0.348 e. The fourth-order valence-electron chi connectivity index (χ4n) is 5.03. The first-order chi connectivity index (χ1) is 20.2. The number of likely N-dealkylation sites (tertiary alicyclic amines) is 1. The van der Waals surface area contributed by atoms with E-state index < -0.39 is 12.1 Å². The topological polar surface area (TPSA) is 166 Å². The van der Waals surface area contributed by atoms with Crippen molar-refractivity contribution in [2.75, 3.05) is 50.1 Å². The summed E-state index contributed by atoms with van der Waals surface area (Å²) in [5, 5.41) is 17.0. The maximum absolute atomic E-state index is 12.9. The molecule has 5 heterocycles. The van der Waals surface area contributed by atoms with E-state index in [2.05, 4.69) is 30.6 Å². The van der Waals surface area contributed by atoms with Crippen LogP contribution < -0.4 is 15.5 Å². The number of piperidine rings is 1. The number of amides is 2. The normalized spacial score (nSPS) is 18.9. The van der Waals surface area contributed by atoms with Gasteiger partial charge in [-0.25, -0.2) is 19.7 Å². The van der Waals surface area contributed by atoms with E-state index in [1.807, 2.05) is 9.80 Å². The number of nitrogens with one attached hydrogen (secondary N) is 3. The highest BCUT2D eigenvalue weighted by molar-refractivity contribution is 7.17. The number of anilines is 2. The van der Waals surface area contributed by atoms with Gasteiger partial charge in [-0.1, -0.05) is 34.5 Å². The molecule has 13 nitrogen and oxygen atoms in total. The van der Waals surface area contributed by atoms with Gasteiger partial charge in [0, 0.05) is 51.9 Å². The molecule has 16 heteroatoms. The molecule has 3 aromatic heterocycles. The van der Waals surface area contributed by atoms with Gasteiger partial charge < -0.3 is 35.3 Å². The summed E-state index contributed by atoms with van der Waals surface area (Å²) in [4.78, 5) is 56.8. The minimum Gasteiger partial charge on any atom is -0.477 e. The maximum atomic E-state index is 12.9. The molecule has 2 fully saturated rings. The number of aryl methyl sites for hydroxylation is 1.